The summed E-state index contributed by atoms with van der Waals surface area (Å²) in [7, 11) is 0. The van der Waals surface area contributed by atoms with Crippen molar-refractivity contribution >= 4 is 62.2 Å². The summed E-state index contributed by atoms with van der Waals surface area (Å²) in [5.41, 5.74) is 2.58. The van der Waals surface area contributed by atoms with Crippen LogP contribution in [0.15, 0.2) is 53.8 Å². The van der Waals surface area contributed by atoms with Gasteiger partial charge >= 0.3 is 0 Å². The van der Waals surface area contributed by atoms with Crippen molar-refractivity contribution < 1.29 is 4.55 Å². The predicted octanol–water partition coefficient (Wildman–Crippen LogP) is 4.09. The molecular formula is C21H18ClN5OS2. The zero-order valence-electron chi connectivity index (χ0n) is 16.0. The number of hydrogen-bond donors (Lipinski definition) is 0. The molecule has 1 aliphatic rings. The Labute approximate surface area is 186 Å². The highest BCUT2D eigenvalue weighted by molar-refractivity contribution is 7.98. The normalized spacial score (nSPS) is 15.2. The summed E-state index contributed by atoms with van der Waals surface area (Å²) >= 11 is 7.11. The van der Waals surface area contributed by atoms with Gasteiger partial charge in [-0.3, -0.25) is 0 Å². The topological polar surface area (TPSA) is 77.9 Å². The van der Waals surface area contributed by atoms with Crippen LogP contribution in [-0.2, 0) is 16.9 Å². The van der Waals surface area contributed by atoms with Gasteiger partial charge in [0.15, 0.2) is 5.82 Å². The minimum Gasteiger partial charge on any atom is -0.616 e. The predicted molar refractivity (Wildman–Crippen MR) is 124 cm³/mol. The highest BCUT2D eigenvalue weighted by Crippen LogP contribution is 2.33. The molecule has 0 amide bonds. The summed E-state index contributed by atoms with van der Waals surface area (Å²) in [6.07, 6.45) is 1.55. The van der Waals surface area contributed by atoms with Crippen LogP contribution in [0, 0.1) is 0 Å². The molecule has 3 heterocycles. The van der Waals surface area contributed by atoms with Crippen molar-refractivity contribution in [3.63, 3.8) is 0 Å². The Kier molecular flexibility index (Phi) is 5.64. The Morgan fingerprint density at radius 3 is 2.67 bits per heavy atom. The first-order chi connectivity index (χ1) is 14.7. The van der Waals surface area contributed by atoms with E-state index >= 15 is 0 Å². The Balaban J connectivity index is 1.49. The summed E-state index contributed by atoms with van der Waals surface area (Å²) in [6.45, 7) is 1.33. The quantitative estimate of drug-likeness (QED) is 0.198. The molecule has 0 unspecified atom stereocenters. The molecule has 2 aromatic heterocycles. The van der Waals surface area contributed by atoms with Gasteiger partial charge in [0.2, 0.25) is 5.28 Å². The van der Waals surface area contributed by atoms with Crippen molar-refractivity contribution in [2.45, 2.75) is 10.8 Å². The number of fused-ring (bicyclic) bond motifs is 2. The third-order valence-corrected chi connectivity index (χ3v) is 7.60. The van der Waals surface area contributed by atoms with Gasteiger partial charge in [-0.15, -0.1) is 0 Å². The molecule has 9 heteroatoms. The second-order valence-electron chi connectivity index (χ2n) is 6.95. The number of aromatic nitrogens is 4. The molecule has 1 aliphatic heterocycles. The standard InChI is InChI=1S/C21H18ClN5OS2/c22-21-25-18-17(19(26-21)27-8-10-30(28)11-9-27)23-13-24-20(18)29-12-15-6-3-5-14-4-1-2-7-16(14)15/h1-7,13H,8-12H2. The van der Waals surface area contributed by atoms with E-state index in [0.717, 1.165) is 10.8 Å². The lowest BCUT2D eigenvalue weighted by atomic mass is 10.1. The highest BCUT2D eigenvalue weighted by Gasteiger charge is 2.24. The molecule has 0 radical (unpaired) electrons. The number of thioether (sulfide) groups is 1. The second-order valence-corrected chi connectivity index (χ2v) is 9.95. The molecule has 6 nitrogen and oxygen atoms in total. The lowest BCUT2D eigenvalue weighted by molar-refractivity contribution is 0.585. The average Bonchev–Trinajstić information content (AvgIpc) is 2.78. The number of hydrogen-bond acceptors (Lipinski definition) is 7. The first-order valence-corrected chi connectivity index (χ1v) is 12.4. The fourth-order valence-electron chi connectivity index (χ4n) is 3.62. The van der Waals surface area contributed by atoms with Gasteiger partial charge < -0.3 is 9.45 Å². The lowest BCUT2D eigenvalue weighted by Gasteiger charge is -2.29. The molecule has 0 atom stereocenters. The van der Waals surface area contributed by atoms with Crippen LogP contribution in [-0.4, -0.2) is 49.1 Å². The van der Waals surface area contributed by atoms with E-state index < -0.39 is 11.2 Å². The van der Waals surface area contributed by atoms with Crippen LogP contribution in [0.2, 0.25) is 5.28 Å². The number of rotatable bonds is 4. The minimum atomic E-state index is -0.769. The summed E-state index contributed by atoms with van der Waals surface area (Å²) < 4.78 is 11.7. The van der Waals surface area contributed by atoms with Gasteiger partial charge in [0.1, 0.15) is 33.9 Å². The van der Waals surface area contributed by atoms with Crippen molar-refractivity contribution in [3.8, 4) is 0 Å². The van der Waals surface area contributed by atoms with E-state index in [9.17, 15) is 4.55 Å². The van der Waals surface area contributed by atoms with Crippen LogP contribution < -0.4 is 4.90 Å². The molecule has 0 N–H and O–H groups in total. The van der Waals surface area contributed by atoms with E-state index in [-0.39, 0.29) is 5.28 Å². The van der Waals surface area contributed by atoms with Crippen molar-refractivity contribution in [2.24, 2.45) is 0 Å². The monoisotopic (exact) mass is 455 g/mol. The van der Waals surface area contributed by atoms with E-state index in [2.05, 4.69) is 61.2 Å². The van der Waals surface area contributed by atoms with Crippen LogP contribution in [0.1, 0.15) is 5.56 Å². The van der Waals surface area contributed by atoms with Gasteiger partial charge in [0, 0.05) is 5.75 Å². The van der Waals surface area contributed by atoms with E-state index in [1.54, 1.807) is 18.1 Å². The number of benzene rings is 2. The van der Waals surface area contributed by atoms with Gasteiger partial charge in [-0.2, -0.15) is 4.98 Å². The third-order valence-electron chi connectivity index (χ3n) is 5.12. The van der Waals surface area contributed by atoms with E-state index in [1.165, 1.54) is 16.3 Å². The summed E-state index contributed by atoms with van der Waals surface area (Å²) in [4.78, 5) is 19.9. The minimum absolute atomic E-state index is 0.172. The zero-order chi connectivity index (χ0) is 20.5. The molecule has 1 fully saturated rings. The van der Waals surface area contributed by atoms with E-state index in [0.29, 0.717) is 41.4 Å². The van der Waals surface area contributed by atoms with E-state index in [1.807, 2.05) is 6.07 Å². The molecule has 1 saturated heterocycles. The number of nitrogens with zero attached hydrogens (tertiary/aromatic N) is 5. The molecule has 0 bridgehead atoms. The molecule has 30 heavy (non-hydrogen) atoms. The van der Waals surface area contributed by atoms with Gasteiger partial charge in [-0.05, 0) is 27.9 Å². The average molecular weight is 456 g/mol. The van der Waals surface area contributed by atoms with Crippen molar-refractivity contribution in [2.75, 3.05) is 29.5 Å². The van der Waals surface area contributed by atoms with E-state index in [4.69, 9.17) is 11.6 Å². The Morgan fingerprint density at radius 1 is 1.00 bits per heavy atom. The van der Waals surface area contributed by atoms with Gasteiger partial charge in [0.05, 0.1) is 13.1 Å². The second kappa shape index (κ2) is 8.55. The Morgan fingerprint density at radius 2 is 1.80 bits per heavy atom. The summed E-state index contributed by atoms with van der Waals surface area (Å²) in [5.74, 6) is 2.69. The van der Waals surface area contributed by atoms with Crippen LogP contribution in [0.25, 0.3) is 21.8 Å². The van der Waals surface area contributed by atoms with Gasteiger partial charge in [-0.25, -0.2) is 15.0 Å². The molecule has 5 rings (SSSR count). The molecule has 4 aromatic rings. The molecule has 0 aliphatic carbocycles. The Bertz CT molecular complexity index is 1210. The maximum Gasteiger partial charge on any atom is 0.225 e. The van der Waals surface area contributed by atoms with Crippen LogP contribution in [0.4, 0.5) is 5.82 Å². The number of anilines is 1. The zero-order valence-corrected chi connectivity index (χ0v) is 18.4. The highest BCUT2D eigenvalue weighted by atomic mass is 35.5. The SMILES string of the molecule is [O-][S+]1CCN(c2nc(Cl)nc3c(SCc4cccc5ccccc45)ncnc23)CC1. The fourth-order valence-corrected chi connectivity index (χ4v) is 5.79. The molecule has 2 aromatic carbocycles. The Hall–Kier alpha value is -2.13. The number of halogens is 1. The summed E-state index contributed by atoms with van der Waals surface area (Å²) in [6, 6.07) is 14.7. The third kappa shape index (κ3) is 3.92. The fraction of sp³-hybridized carbons (Fsp3) is 0.238. The van der Waals surface area contributed by atoms with Crippen LogP contribution in [0.5, 0.6) is 0 Å². The van der Waals surface area contributed by atoms with Crippen LogP contribution >= 0.6 is 23.4 Å². The lowest BCUT2D eigenvalue weighted by Crippen LogP contribution is -2.41. The molecule has 0 saturated carbocycles. The summed E-state index contributed by atoms with van der Waals surface area (Å²) in [5, 5.41) is 3.41. The van der Waals surface area contributed by atoms with Crippen molar-refractivity contribution in [1.29, 1.82) is 0 Å². The van der Waals surface area contributed by atoms with Gasteiger partial charge in [-0.1, -0.05) is 65.4 Å². The first-order valence-electron chi connectivity index (χ1n) is 9.56. The smallest absolute Gasteiger partial charge is 0.225 e. The van der Waals surface area contributed by atoms with Crippen molar-refractivity contribution in [3.05, 3.63) is 59.6 Å². The van der Waals surface area contributed by atoms with Gasteiger partial charge in [0.25, 0.3) is 0 Å². The molecule has 152 valence electrons. The maximum absolute atomic E-state index is 11.7. The largest absolute Gasteiger partial charge is 0.616 e. The molecule has 0 spiro atoms. The molecular weight excluding hydrogens is 438 g/mol. The van der Waals surface area contributed by atoms with Crippen molar-refractivity contribution in [1.82, 2.24) is 19.9 Å². The first kappa shape index (κ1) is 19.8. The maximum atomic E-state index is 11.7. The van der Waals surface area contributed by atoms with Crippen LogP contribution in [0.3, 0.4) is 0 Å².